The van der Waals surface area contributed by atoms with Crippen LogP contribution in [0.5, 0.6) is 5.75 Å². The molecule has 2 rings (SSSR count). The van der Waals surface area contributed by atoms with Crippen molar-refractivity contribution < 1.29 is 21.1 Å². The van der Waals surface area contributed by atoms with Crippen LogP contribution in [-0.4, -0.2) is 12.9 Å². The molecule has 22 heavy (non-hydrogen) atoms. The van der Waals surface area contributed by atoms with Crippen molar-refractivity contribution in [2.24, 2.45) is 0 Å². The fourth-order valence-corrected chi connectivity index (χ4v) is 8.63. The van der Waals surface area contributed by atoms with E-state index in [1.54, 1.807) is 5.20 Å². The van der Waals surface area contributed by atoms with Gasteiger partial charge < -0.3 is 0 Å². The van der Waals surface area contributed by atoms with Gasteiger partial charge in [0.05, 0.1) is 0 Å². The van der Waals surface area contributed by atoms with Crippen LogP contribution < -0.4 is 3.32 Å². The summed E-state index contributed by atoms with van der Waals surface area (Å²) < 4.78 is 7.87. The first kappa shape index (κ1) is 17.7. The Bertz CT molecular complexity index is 642. The molecule has 0 amide bonds. The van der Waals surface area contributed by atoms with Crippen molar-refractivity contribution in [2.45, 2.75) is 52.2 Å². The monoisotopic (exact) mass is 348 g/mol. The van der Waals surface area contributed by atoms with Crippen LogP contribution in [0.15, 0.2) is 45.5 Å². The van der Waals surface area contributed by atoms with Gasteiger partial charge in [-0.15, -0.1) is 0 Å². The van der Waals surface area contributed by atoms with Gasteiger partial charge in [-0.05, 0) is 0 Å². The Labute approximate surface area is 142 Å². The van der Waals surface area contributed by atoms with E-state index in [0.29, 0.717) is 0 Å². The third kappa shape index (κ3) is 4.19. The first-order valence-corrected chi connectivity index (χ1v) is 14.0. The summed E-state index contributed by atoms with van der Waals surface area (Å²) >= 11 is -1.91. The van der Waals surface area contributed by atoms with Crippen molar-refractivity contribution >= 4 is 12.9 Å². The summed E-state index contributed by atoms with van der Waals surface area (Å²) in [6.45, 7) is 13.9. The first-order chi connectivity index (χ1) is 10.1. The quantitative estimate of drug-likeness (QED) is 0.660. The van der Waals surface area contributed by atoms with Crippen molar-refractivity contribution in [2.75, 3.05) is 0 Å². The number of rotatable bonds is 4. The summed E-state index contributed by atoms with van der Waals surface area (Å²) in [6.07, 6.45) is 5.67. The molecule has 0 aliphatic heterocycles. The van der Waals surface area contributed by atoms with Crippen molar-refractivity contribution in [1.82, 2.24) is 0 Å². The third-order valence-corrected chi connectivity index (χ3v) is 9.04. The number of hydrogen-bond donors (Lipinski definition) is 0. The van der Waals surface area contributed by atoms with Gasteiger partial charge in [-0.3, -0.25) is 0 Å². The van der Waals surface area contributed by atoms with Crippen LogP contribution in [0.2, 0.25) is 19.6 Å². The first-order valence-electron chi connectivity index (χ1n) is 7.97. The van der Waals surface area contributed by atoms with Crippen LogP contribution in [0.4, 0.5) is 0 Å². The van der Waals surface area contributed by atoms with Gasteiger partial charge in [0.1, 0.15) is 0 Å². The molecule has 0 radical (unpaired) electrons. The van der Waals surface area contributed by atoms with Gasteiger partial charge in [-0.1, -0.05) is 0 Å². The normalized spacial score (nSPS) is 15.4. The maximum atomic E-state index is 6.34. The molecule has 0 atom stereocenters. The summed E-state index contributed by atoms with van der Waals surface area (Å²) in [7, 11) is -1.29. The Kier molecular flexibility index (Phi) is 5.16. The van der Waals surface area contributed by atoms with Crippen LogP contribution in [0.25, 0.3) is 0 Å². The molecule has 1 aromatic rings. The zero-order valence-electron chi connectivity index (χ0n) is 14.8. The summed E-state index contributed by atoms with van der Waals surface area (Å²) in [5, 5.41) is 1.57. The maximum absolute atomic E-state index is 6.34. The molecule has 3 heteroatoms. The second kappa shape index (κ2) is 6.43. The molecule has 0 bridgehead atoms. The van der Waals surface area contributed by atoms with Crippen LogP contribution in [0.3, 0.4) is 0 Å². The molecule has 0 spiro atoms. The van der Waals surface area contributed by atoms with E-state index >= 15 is 0 Å². The molecule has 0 unspecified atom stereocenters. The van der Waals surface area contributed by atoms with E-state index in [9.17, 15) is 0 Å². The molecule has 0 saturated carbocycles. The molecule has 0 saturated heterocycles. The van der Waals surface area contributed by atoms with Crippen LogP contribution in [-0.2, 0) is 23.2 Å². The minimum atomic E-state index is -1.91. The van der Waals surface area contributed by atoms with Gasteiger partial charge >= 0.3 is 143 Å². The number of hydrogen-bond acceptors (Lipinski definition) is 1. The van der Waals surface area contributed by atoms with Crippen LogP contribution in [0.1, 0.15) is 32.8 Å². The van der Waals surface area contributed by atoms with E-state index in [1.165, 1.54) is 9.44 Å². The van der Waals surface area contributed by atoms with Crippen molar-refractivity contribution in [1.29, 1.82) is 0 Å². The van der Waals surface area contributed by atoms with Gasteiger partial charge in [0.2, 0.25) is 0 Å². The molecule has 1 nitrogen and oxygen atoms in total. The van der Waals surface area contributed by atoms with E-state index in [-0.39, 0.29) is 5.41 Å². The van der Waals surface area contributed by atoms with Gasteiger partial charge in [0.25, 0.3) is 0 Å². The number of allylic oxidation sites excluding steroid dienone is 4. The topological polar surface area (TPSA) is 9.23 Å². The molecule has 1 aliphatic rings. The molecule has 0 aromatic heterocycles. The Balaban J connectivity index is 2.24. The second-order valence-corrected chi connectivity index (χ2v) is 15.7. The Morgan fingerprint density at radius 2 is 1.86 bits per heavy atom. The Morgan fingerprint density at radius 1 is 1.18 bits per heavy atom. The average Bonchev–Trinajstić information content (AvgIpc) is 2.87. The SMILES string of the molecule is [CH2]=[Ti]([O]c1cccc(C(C)(C)C)c1)[C]1=C([Si](C)(C)C)C=CC1. The molecule has 0 fully saturated rings. The Morgan fingerprint density at radius 3 is 2.45 bits per heavy atom. The molecule has 1 aliphatic carbocycles. The van der Waals surface area contributed by atoms with Crippen molar-refractivity contribution in [3.05, 3.63) is 51.1 Å². The fraction of sp³-hybridized carbons (Fsp3) is 0.421. The zero-order chi connectivity index (χ0) is 16.5. The molecule has 0 N–H and O–H groups in total. The van der Waals surface area contributed by atoms with Gasteiger partial charge in [0.15, 0.2) is 0 Å². The summed E-state index contributed by atoms with van der Waals surface area (Å²) in [5.41, 5.74) is 1.47. The van der Waals surface area contributed by atoms with Gasteiger partial charge in [-0.25, -0.2) is 0 Å². The predicted octanol–water partition coefficient (Wildman–Crippen LogP) is 5.42. The van der Waals surface area contributed by atoms with Gasteiger partial charge in [-0.2, -0.15) is 0 Å². The second-order valence-electron chi connectivity index (χ2n) is 8.05. The van der Waals surface area contributed by atoms with E-state index in [4.69, 9.17) is 3.32 Å². The molecule has 1 aromatic carbocycles. The van der Waals surface area contributed by atoms with E-state index in [0.717, 1.165) is 12.2 Å². The molecular formula is C19H28OSiTi. The van der Waals surface area contributed by atoms with Crippen LogP contribution in [0, 0.1) is 0 Å². The van der Waals surface area contributed by atoms with Crippen molar-refractivity contribution in [3.8, 4) is 5.75 Å². The number of benzene rings is 1. The Hall–Kier alpha value is -0.699. The minimum absolute atomic E-state index is 0.151. The van der Waals surface area contributed by atoms with E-state index in [2.05, 4.69) is 81.6 Å². The molecular weight excluding hydrogens is 320 g/mol. The average molecular weight is 348 g/mol. The van der Waals surface area contributed by atoms with E-state index in [1.807, 2.05) is 0 Å². The summed E-state index contributed by atoms with van der Waals surface area (Å²) in [5.74, 6) is 0.992. The third-order valence-electron chi connectivity index (χ3n) is 4.02. The molecule has 118 valence electrons. The van der Waals surface area contributed by atoms with Crippen molar-refractivity contribution in [3.63, 3.8) is 0 Å². The molecule has 0 heterocycles. The summed E-state index contributed by atoms with van der Waals surface area (Å²) in [6, 6.07) is 8.54. The fourth-order valence-electron chi connectivity index (χ4n) is 2.70. The van der Waals surface area contributed by atoms with Gasteiger partial charge in [0, 0.05) is 0 Å². The predicted molar refractivity (Wildman–Crippen MR) is 97.0 cm³/mol. The zero-order valence-corrected chi connectivity index (χ0v) is 17.3. The standard InChI is InChI=1S/C10H14O.C8H13Si.CH2.Ti/c1-10(2,3)8-5-4-6-9(11)7-8;1-9(2,3)8-6-4-5-7-8;;/h4-7,11H,1-3H3;4,6H,5H2,1-3H3;1H2;/q;;;+1/p-1. The van der Waals surface area contributed by atoms with E-state index < -0.39 is 25.9 Å². The van der Waals surface area contributed by atoms with Crippen LogP contribution >= 0.6 is 0 Å². The summed E-state index contributed by atoms with van der Waals surface area (Å²) in [4.78, 5) is 4.44.